The minimum Gasteiger partial charge on any atom is -0.396 e. The zero-order chi connectivity index (χ0) is 11.9. The molecule has 1 saturated carbocycles. The van der Waals surface area contributed by atoms with Crippen LogP contribution in [0.4, 0.5) is 0 Å². The number of hydrogen-bond donors (Lipinski definition) is 2. The molecule has 1 unspecified atom stereocenters. The van der Waals surface area contributed by atoms with Crippen molar-refractivity contribution in [2.24, 2.45) is 0 Å². The van der Waals surface area contributed by atoms with E-state index in [1.165, 1.54) is 12.8 Å². The van der Waals surface area contributed by atoms with E-state index in [1.54, 1.807) is 0 Å². The molecule has 4 heteroatoms. The first kappa shape index (κ1) is 13.8. The Balaban J connectivity index is 2.06. The smallest absolute Gasteiger partial charge is 0.104 e. The Morgan fingerprint density at radius 2 is 2.12 bits per heavy atom. The molecule has 0 aromatic carbocycles. The second-order valence-corrected chi connectivity index (χ2v) is 5.88. The summed E-state index contributed by atoms with van der Waals surface area (Å²) >= 11 is 1.87. The number of rotatable bonds is 9. The molecule has 0 radical (unpaired) electrons. The maximum atomic E-state index is 9.15. The fraction of sp³-hybridized carbons (Fsp3) is 0.917. The number of nitriles is 1. The summed E-state index contributed by atoms with van der Waals surface area (Å²) in [5, 5.41) is 21.2. The summed E-state index contributed by atoms with van der Waals surface area (Å²) < 4.78 is 0. The summed E-state index contributed by atoms with van der Waals surface area (Å²) in [6, 6.07) is 2.98. The number of hydrogen-bond acceptors (Lipinski definition) is 4. The van der Waals surface area contributed by atoms with Crippen molar-refractivity contribution in [3.63, 3.8) is 0 Å². The van der Waals surface area contributed by atoms with E-state index >= 15 is 0 Å². The van der Waals surface area contributed by atoms with Gasteiger partial charge < -0.3 is 5.11 Å². The van der Waals surface area contributed by atoms with Gasteiger partial charge in [0.15, 0.2) is 0 Å². The maximum Gasteiger partial charge on any atom is 0.104 e. The average Bonchev–Trinajstić information content (AvgIpc) is 3.07. The van der Waals surface area contributed by atoms with Crippen LogP contribution in [0.15, 0.2) is 0 Å². The van der Waals surface area contributed by atoms with Gasteiger partial charge in [-0.3, -0.25) is 5.32 Å². The molecule has 0 aromatic heterocycles. The van der Waals surface area contributed by atoms with Gasteiger partial charge in [-0.05, 0) is 50.5 Å². The molecule has 16 heavy (non-hydrogen) atoms. The first-order valence-electron chi connectivity index (χ1n) is 6.08. The summed E-state index contributed by atoms with van der Waals surface area (Å²) in [6.45, 7) is 2.29. The molecule has 0 heterocycles. The van der Waals surface area contributed by atoms with Crippen molar-refractivity contribution in [3.05, 3.63) is 0 Å². The van der Waals surface area contributed by atoms with Gasteiger partial charge in [0.25, 0.3) is 0 Å². The third-order valence-electron chi connectivity index (χ3n) is 2.76. The van der Waals surface area contributed by atoms with Gasteiger partial charge >= 0.3 is 0 Å². The lowest BCUT2D eigenvalue weighted by molar-refractivity contribution is 0.296. The Morgan fingerprint density at radius 3 is 2.69 bits per heavy atom. The van der Waals surface area contributed by atoms with Crippen molar-refractivity contribution in [1.29, 1.82) is 5.26 Å². The molecule has 1 rings (SSSR count). The number of aliphatic hydroxyl groups excluding tert-OH is 1. The van der Waals surface area contributed by atoms with Crippen LogP contribution in [0.25, 0.3) is 0 Å². The topological polar surface area (TPSA) is 56.0 Å². The van der Waals surface area contributed by atoms with Crippen LogP contribution in [0.3, 0.4) is 0 Å². The van der Waals surface area contributed by atoms with Crippen LogP contribution in [0.1, 0.15) is 39.0 Å². The lowest BCUT2D eigenvalue weighted by Crippen LogP contribution is -2.42. The molecule has 0 spiro atoms. The van der Waals surface area contributed by atoms with E-state index in [1.807, 2.05) is 18.7 Å². The van der Waals surface area contributed by atoms with Gasteiger partial charge in [0.2, 0.25) is 0 Å². The predicted molar refractivity (Wildman–Crippen MR) is 68.4 cm³/mol. The quantitative estimate of drug-likeness (QED) is 0.607. The highest BCUT2D eigenvalue weighted by Gasteiger charge is 2.31. The Kier molecular flexibility index (Phi) is 6.18. The Bertz CT molecular complexity index is 238. The largest absolute Gasteiger partial charge is 0.396 e. The van der Waals surface area contributed by atoms with Gasteiger partial charge in [-0.15, -0.1) is 0 Å². The summed E-state index contributed by atoms with van der Waals surface area (Å²) in [6.07, 6.45) is 5.32. The summed E-state index contributed by atoms with van der Waals surface area (Å²) in [4.78, 5) is 0. The molecule has 0 aromatic rings. The molecule has 1 fully saturated rings. The molecule has 1 atom stereocenters. The van der Waals surface area contributed by atoms with Gasteiger partial charge in [0, 0.05) is 12.6 Å². The Labute approximate surface area is 103 Å². The molecule has 0 aliphatic heterocycles. The van der Waals surface area contributed by atoms with E-state index in [0.29, 0.717) is 6.04 Å². The second kappa shape index (κ2) is 7.16. The van der Waals surface area contributed by atoms with E-state index in [2.05, 4.69) is 11.4 Å². The zero-order valence-electron chi connectivity index (χ0n) is 10.0. The minimum atomic E-state index is -0.335. The number of thioether (sulfide) groups is 1. The molecular formula is C12H22N2OS. The zero-order valence-corrected chi connectivity index (χ0v) is 10.9. The van der Waals surface area contributed by atoms with Gasteiger partial charge in [-0.2, -0.15) is 17.0 Å². The Morgan fingerprint density at radius 1 is 1.44 bits per heavy atom. The molecule has 0 amide bonds. The standard InChI is InChI=1S/C12H22N2OS/c1-12(10-13,14-11-4-5-11)6-2-8-16-9-3-7-15/h11,14-15H,2-9H2,1H3. The van der Waals surface area contributed by atoms with Crippen LogP contribution < -0.4 is 5.32 Å². The normalized spacial score (nSPS) is 19.1. The van der Waals surface area contributed by atoms with Crippen molar-refractivity contribution in [1.82, 2.24) is 5.32 Å². The highest BCUT2D eigenvalue weighted by molar-refractivity contribution is 7.99. The van der Waals surface area contributed by atoms with E-state index in [0.717, 1.165) is 30.8 Å². The van der Waals surface area contributed by atoms with Crippen molar-refractivity contribution in [2.45, 2.75) is 50.6 Å². The molecular weight excluding hydrogens is 220 g/mol. The fourth-order valence-corrected chi connectivity index (χ4v) is 2.52. The van der Waals surface area contributed by atoms with Crippen LogP contribution in [0.2, 0.25) is 0 Å². The second-order valence-electron chi connectivity index (χ2n) is 4.66. The monoisotopic (exact) mass is 242 g/mol. The maximum absolute atomic E-state index is 9.15. The number of aliphatic hydroxyl groups is 1. The van der Waals surface area contributed by atoms with Crippen LogP contribution in [-0.4, -0.2) is 34.8 Å². The third kappa shape index (κ3) is 5.74. The Hall–Kier alpha value is -0.240. The van der Waals surface area contributed by atoms with Crippen molar-refractivity contribution >= 4 is 11.8 Å². The van der Waals surface area contributed by atoms with Gasteiger partial charge in [0.05, 0.1) is 6.07 Å². The summed E-state index contributed by atoms with van der Waals surface area (Å²) in [5.41, 5.74) is -0.335. The highest BCUT2D eigenvalue weighted by atomic mass is 32.2. The van der Waals surface area contributed by atoms with Gasteiger partial charge in [0.1, 0.15) is 5.54 Å². The fourth-order valence-electron chi connectivity index (χ4n) is 1.63. The van der Waals surface area contributed by atoms with Gasteiger partial charge in [-0.1, -0.05) is 0 Å². The molecule has 1 aliphatic carbocycles. The molecule has 1 aliphatic rings. The first-order chi connectivity index (χ1) is 7.70. The molecule has 0 saturated heterocycles. The van der Waals surface area contributed by atoms with Crippen LogP contribution >= 0.6 is 11.8 Å². The van der Waals surface area contributed by atoms with Crippen molar-refractivity contribution in [2.75, 3.05) is 18.1 Å². The van der Waals surface area contributed by atoms with Gasteiger partial charge in [-0.25, -0.2) is 0 Å². The van der Waals surface area contributed by atoms with Crippen LogP contribution in [0.5, 0.6) is 0 Å². The third-order valence-corrected chi connectivity index (χ3v) is 3.91. The van der Waals surface area contributed by atoms with Crippen molar-refractivity contribution in [3.8, 4) is 6.07 Å². The van der Waals surface area contributed by atoms with E-state index in [9.17, 15) is 0 Å². The highest BCUT2D eigenvalue weighted by Crippen LogP contribution is 2.24. The number of nitrogens with one attached hydrogen (secondary N) is 1. The van der Waals surface area contributed by atoms with E-state index in [4.69, 9.17) is 10.4 Å². The minimum absolute atomic E-state index is 0.284. The van der Waals surface area contributed by atoms with E-state index in [-0.39, 0.29) is 12.1 Å². The van der Waals surface area contributed by atoms with Crippen molar-refractivity contribution < 1.29 is 5.11 Å². The molecule has 3 nitrogen and oxygen atoms in total. The average molecular weight is 242 g/mol. The first-order valence-corrected chi connectivity index (χ1v) is 7.23. The van der Waals surface area contributed by atoms with Crippen LogP contribution in [-0.2, 0) is 0 Å². The SMILES string of the molecule is CC(C#N)(CCCSCCCO)NC1CC1. The predicted octanol–water partition coefficient (Wildman–Crippen LogP) is 1.92. The summed E-state index contributed by atoms with van der Waals surface area (Å²) in [7, 11) is 0. The van der Waals surface area contributed by atoms with E-state index < -0.39 is 0 Å². The lowest BCUT2D eigenvalue weighted by Gasteiger charge is -2.23. The molecule has 92 valence electrons. The summed E-state index contributed by atoms with van der Waals surface area (Å²) in [5.74, 6) is 2.11. The molecule has 2 N–H and O–H groups in total. The van der Waals surface area contributed by atoms with Crippen LogP contribution in [0, 0.1) is 11.3 Å². The lowest BCUT2D eigenvalue weighted by atomic mass is 9.98. The number of nitrogens with zero attached hydrogens (tertiary/aromatic N) is 1. The molecule has 0 bridgehead atoms.